The Bertz CT molecular complexity index is 4290. The number of benzene rings is 5. The minimum atomic E-state index is -3.99. The number of anilines is 3. The molecule has 4 aliphatic heterocycles. The molecule has 0 aromatic heterocycles. The van der Waals surface area contributed by atoms with Crippen molar-refractivity contribution in [2.75, 3.05) is 165 Å². The van der Waals surface area contributed by atoms with Gasteiger partial charge in [0.05, 0.1) is 114 Å². The summed E-state index contributed by atoms with van der Waals surface area (Å²) >= 11 is 13.3. The van der Waals surface area contributed by atoms with Gasteiger partial charge in [0.15, 0.2) is 5.78 Å². The number of hydrogen-bond donors (Lipinski definition) is 5. The van der Waals surface area contributed by atoms with E-state index in [4.69, 9.17) is 71.4 Å². The molecule has 10 amide bonds. The normalized spacial score (nSPS) is 20.0. The van der Waals surface area contributed by atoms with E-state index in [-0.39, 0.29) is 169 Å². The maximum atomic E-state index is 15.0. The van der Waals surface area contributed by atoms with E-state index in [0.717, 1.165) is 33.5 Å². The fraction of sp³-hybridized carbons (Fsp3) is 0.513. The summed E-state index contributed by atoms with van der Waals surface area (Å²) in [6.07, 6.45) is 2.47. The summed E-state index contributed by atoms with van der Waals surface area (Å²) in [5, 5.41) is 11.0. The number of fused-ring (bicyclic) bond motifs is 6. The van der Waals surface area contributed by atoms with Crippen LogP contribution in [-0.2, 0) is 77.9 Å². The number of ether oxygens (including phenoxy) is 8. The largest absolute Gasteiger partial charge is 0.445 e. The summed E-state index contributed by atoms with van der Waals surface area (Å²) in [4.78, 5) is 151. The lowest BCUT2D eigenvalue weighted by atomic mass is 9.34. The van der Waals surface area contributed by atoms with Gasteiger partial charge in [-0.1, -0.05) is 74.5 Å². The zero-order valence-electron chi connectivity index (χ0n) is 62.5. The van der Waals surface area contributed by atoms with Crippen LogP contribution in [0.25, 0.3) is 21.5 Å². The molecule has 2 bridgehead atoms. The number of amides is 10. The van der Waals surface area contributed by atoms with Crippen LogP contribution in [0.3, 0.4) is 0 Å². The minimum Gasteiger partial charge on any atom is -0.445 e. The number of alkyl halides is 2. The molecule has 4 heterocycles. The van der Waals surface area contributed by atoms with Crippen LogP contribution < -0.4 is 40.7 Å². The fourth-order valence-electron chi connectivity index (χ4n) is 15.3. The van der Waals surface area contributed by atoms with Crippen molar-refractivity contribution in [2.24, 2.45) is 28.4 Å². The van der Waals surface area contributed by atoms with Crippen LogP contribution in [-0.4, -0.2) is 235 Å². The first kappa shape index (κ1) is 83.1. The fourth-order valence-corrected chi connectivity index (χ4v) is 16.3. The highest BCUT2D eigenvalue weighted by Crippen LogP contribution is 2.75. The van der Waals surface area contributed by atoms with Gasteiger partial charge in [0.2, 0.25) is 23.6 Å². The van der Waals surface area contributed by atoms with Crippen molar-refractivity contribution >= 4 is 129 Å². The quantitative estimate of drug-likeness (QED) is 0.0106. The second-order valence-electron chi connectivity index (χ2n) is 29.0. The van der Waals surface area contributed by atoms with Gasteiger partial charge in [-0.2, -0.15) is 0 Å². The summed E-state index contributed by atoms with van der Waals surface area (Å²) in [6.45, 7) is 9.60. The number of imide groups is 1. The molecule has 6 N–H and O–H groups in total. The van der Waals surface area contributed by atoms with Crippen molar-refractivity contribution in [3.05, 3.63) is 114 Å². The number of urea groups is 1. The second kappa shape index (κ2) is 38.1. The summed E-state index contributed by atoms with van der Waals surface area (Å²) in [7, 11) is -3.99. The lowest BCUT2D eigenvalue weighted by Crippen LogP contribution is -2.73. The first-order chi connectivity index (χ1) is 53.4. The van der Waals surface area contributed by atoms with E-state index in [1.54, 1.807) is 66.1 Å². The molecule has 30 nitrogen and oxygen atoms in total. The molecule has 7 aliphatic rings. The number of rotatable bonds is 41. The van der Waals surface area contributed by atoms with E-state index in [1.807, 2.05) is 42.5 Å². The van der Waals surface area contributed by atoms with Gasteiger partial charge in [0.1, 0.15) is 18.1 Å². The highest BCUT2D eigenvalue weighted by Gasteiger charge is 2.76. The average Bonchev–Trinajstić information content (AvgIpc) is 1.55. The Morgan fingerprint density at radius 1 is 0.631 bits per heavy atom. The van der Waals surface area contributed by atoms with Crippen molar-refractivity contribution in [2.45, 2.75) is 83.3 Å². The highest BCUT2D eigenvalue weighted by atomic mass is 35.5. The van der Waals surface area contributed by atoms with Crippen molar-refractivity contribution in [3.63, 3.8) is 0 Å². The SMILES string of the molecule is CC(C)C(NC(=O)CCOCCOCCOCCOCCOCCOCCN1C(=O)C=CC1=O)C(=O)CC(CCCNC(N)=O)C(=O)Nc1ccc(COC(=O)N2CCN(C(=O)Oc3cc4c(c5ccccc35)C(CCl)CN4C(=O)C34CC(C(=O)N5CC(CCl)c6c5cc(OP(C)(=O)O)c5ccccc65)(C3)C4)CC2)cc1. The number of nitrogens with two attached hydrogens (primary N) is 1. The van der Waals surface area contributed by atoms with Crippen LogP contribution in [0, 0.1) is 22.7 Å². The molecule has 111 heavy (non-hydrogen) atoms. The van der Waals surface area contributed by atoms with Gasteiger partial charge in [-0.3, -0.25) is 38.5 Å². The molecule has 33 heteroatoms. The maximum absolute atomic E-state index is 15.0. The molecule has 0 radical (unpaired) electrons. The molecule has 1 saturated heterocycles. The van der Waals surface area contributed by atoms with Crippen LogP contribution in [0.2, 0.25) is 0 Å². The Kier molecular flexibility index (Phi) is 28.6. The van der Waals surface area contributed by atoms with Crippen LogP contribution in [0.15, 0.2) is 97.1 Å². The van der Waals surface area contributed by atoms with Gasteiger partial charge in [0.25, 0.3) is 11.8 Å². The van der Waals surface area contributed by atoms with Gasteiger partial charge < -0.3 is 88.6 Å². The molecular weight excluding hydrogens is 1500 g/mol. The number of primary amides is 1. The molecule has 3 aliphatic carbocycles. The highest BCUT2D eigenvalue weighted by molar-refractivity contribution is 7.52. The predicted octanol–water partition coefficient (Wildman–Crippen LogP) is 8.37. The molecule has 5 unspecified atom stereocenters. The summed E-state index contributed by atoms with van der Waals surface area (Å²) in [6, 6.07) is 23.2. The summed E-state index contributed by atoms with van der Waals surface area (Å²) in [5.74, 6) is -2.94. The zero-order chi connectivity index (χ0) is 79.0. The van der Waals surface area contributed by atoms with E-state index in [1.165, 1.54) is 22.0 Å². The van der Waals surface area contributed by atoms with Crippen LogP contribution >= 0.6 is 30.8 Å². The van der Waals surface area contributed by atoms with Crippen LogP contribution in [0.5, 0.6) is 11.5 Å². The molecule has 5 atom stereocenters. The number of carbonyl (C=O) groups is 10. The number of piperazine rings is 1. The molecule has 3 saturated carbocycles. The van der Waals surface area contributed by atoms with E-state index >= 15 is 0 Å². The lowest BCUT2D eigenvalue weighted by molar-refractivity contribution is -0.205. The number of hydrogen-bond acceptors (Lipinski definition) is 20. The Morgan fingerprint density at radius 2 is 1.10 bits per heavy atom. The molecular formula is C78H96Cl2N9O21P. The average molecular weight is 1600 g/mol. The molecule has 598 valence electrons. The van der Waals surface area contributed by atoms with Crippen LogP contribution in [0.1, 0.15) is 87.3 Å². The van der Waals surface area contributed by atoms with Gasteiger partial charge >= 0.3 is 25.8 Å². The van der Waals surface area contributed by atoms with Gasteiger partial charge in [-0.15, -0.1) is 23.2 Å². The van der Waals surface area contributed by atoms with Crippen molar-refractivity contribution in [1.29, 1.82) is 0 Å². The smallest absolute Gasteiger partial charge is 0.415 e. The number of Topliss-reactive ketones (excluding diaryl/α,β-unsaturated/α-hetero) is 1. The predicted molar refractivity (Wildman–Crippen MR) is 411 cm³/mol. The molecule has 12 rings (SSSR count). The van der Waals surface area contributed by atoms with E-state index in [0.29, 0.717) is 118 Å². The monoisotopic (exact) mass is 1600 g/mol. The zero-order valence-corrected chi connectivity index (χ0v) is 64.9. The third-order valence-corrected chi connectivity index (χ3v) is 22.1. The Hall–Kier alpha value is -8.81. The van der Waals surface area contributed by atoms with Gasteiger partial charge in [-0.05, 0) is 77.6 Å². The van der Waals surface area contributed by atoms with Gasteiger partial charge in [-0.25, -0.2) is 18.9 Å². The van der Waals surface area contributed by atoms with Crippen molar-refractivity contribution in [1.82, 2.24) is 25.3 Å². The van der Waals surface area contributed by atoms with Crippen molar-refractivity contribution in [3.8, 4) is 11.5 Å². The lowest BCUT2D eigenvalue weighted by Gasteiger charge is -2.69. The number of ketones is 1. The van der Waals surface area contributed by atoms with Crippen LogP contribution in [0.4, 0.5) is 31.4 Å². The Labute approximate surface area is 652 Å². The molecule has 0 spiro atoms. The first-order valence-corrected chi connectivity index (χ1v) is 40.5. The number of carbonyl (C=O) groups excluding carboxylic acids is 10. The maximum Gasteiger partial charge on any atom is 0.415 e. The Balaban J connectivity index is 0.590. The summed E-state index contributed by atoms with van der Waals surface area (Å²) < 4.78 is 63.1. The second-order valence-corrected chi connectivity index (χ2v) is 31.4. The van der Waals surface area contributed by atoms with E-state index in [9.17, 15) is 57.4 Å². The topological polar surface area (TPSA) is 369 Å². The number of nitrogens with one attached hydrogen (secondary N) is 3. The minimum absolute atomic E-state index is 0.0257. The molecule has 5 aromatic rings. The Morgan fingerprint density at radius 3 is 1.59 bits per heavy atom. The number of nitrogens with zero attached hydrogens (tertiary/aromatic N) is 5. The van der Waals surface area contributed by atoms with Crippen molar-refractivity contribution < 1.29 is 99.8 Å². The third-order valence-electron chi connectivity index (χ3n) is 20.8. The van der Waals surface area contributed by atoms with E-state index < -0.39 is 60.4 Å². The van der Waals surface area contributed by atoms with E-state index in [2.05, 4.69) is 16.0 Å². The standard InChI is InChI=1S/C78H96Cl2N9O21P/c1-50(2)70(84-65(91)20-27-102-29-31-104-33-35-106-37-38-107-36-34-105-32-30-103-28-26-87-66(92)18-19-67(87)93)62(90)39-52(9-8-21-82-74(81)97)71(94)83-55-16-14-51(15-17-55)46-108-75(98)85-22-24-86(25-23-85)76(99)109-63-40-60-68(58-12-6-4-10-56(58)63)53(42-79)44-88(60)72(95)77-47-78(48-77,49-77)73(96)89-45-54(43-80)69-59-13-7-5-11-57(59)64(41-61(69)89)110-111(3,100)101/h4-7,10-19,40-41,50,52-54,70H,8-9,20-39,42-49H2,1-3H3,(H,83,94)(H,84,91)(H,100,101)(H3,81,82,97). The first-order valence-electron chi connectivity index (χ1n) is 37.4. The molecule has 4 fully saturated rings. The molecule has 5 aromatic carbocycles. The van der Waals surface area contributed by atoms with Gasteiger partial charge in [0, 0.05) is 136 Å². The third kappa shape index (κ3) is 20.5. The summed E-state index contributed by atoms with van der Waals surface area (Å²) in [5.41, 5.74) is 7.55. The number of halogens is 2.